The summed E-state index contributed by atoms with van der Waals surface area (Å²) in [7, 11) is -2.83. The predicted molar refractivity (Wildman–Crippen MR) is 77.4 cm³/mol. The van der Waals surface area contributed by atoms with E-state index in [-0.39, 0.29) is 17.5 Å². The first-order chi connectivity index (χ1) is 9.52. The van der Waals surface area contributed by atoms with Crippen molar-refractivity contribution >= 4 is 15.7 Å². The summed E-state index contributed by atoms with van der Waals surface area (Å²) in [6.45, 7) is 1.21. The van der Waals surface area contributed by atoms with Gasteiger partial charge in [-0.15, -0.1) is 0 Å². The molecule has 1 unspecified atom stereocenters. The largest absolute Gasteiger partial charge is 0.409 e. The Balaban J connectivity index is 1.92. The van der Waals surface area contributed by atoms with Gasteiger partial charge in [0.25, 0.3) is 0 Å². The number of sulfone groups is 1. The van der Waals surface area contributed by atoms with Gasteiger partial charge in [0.15, 0.2) is 15.7 Å². The van der Waals surface area contributed by atoms with Crippen molar-refractivity contribution in [2.45, 2.75) is 13.0 Å². The lowest BCUT2D eigenvalue weighted by atomic mass is 10.1. The van der Waals surface area contributed by atoms with Gasteiger partial charge in [-0.3, -0.25) is 0 Å². The molecular formula is C13H19N3O3S. The molecule has 1 aliphatic rings. The third-order valence-electron chi connectivity index (χ3n) is 3.48. The van der Waals surface area contributed by atoms with Gasteiger partial charge in [-0.05, 0) is 24.4 Å². The first kappa shape index (κ1) is 14.8. The van der Waals surface area contributed by atoms with E-state index in [1.165, 1.54) is 0 Å². The Morgan fingerprint density at radius 2 is 2.20 bits per heavy atom. The number of nitrogens with two attached hydrogens (primary N) is 1. The van der Waals surface area contributed by atoms with Crippen molar-refractivity contribution in [1.82, 2.24) is 5.32 Å². The van der Waals surface area contributed by atoms with Crippen LogP contribution in [0.1, 0.15) is 17.5 Å². The summed E-state index contributed by atoms with van der Waals surface area (Å²) in [5, 5.41) is 15.0. The van der Waals surface area contributed by atoms with Crippen LogP contribution in [0.15, 0.2) is 29.4 Å². The molecule has 1 aromatic rings. The van der Waals surface area contributed by atoms with Crippen molar-refractivity contribution in [3.8, 4) is 0 Å². The molecule has 0 bridgehead atoms. The normalized spacial score (nSPS) is 22.0. The van der Waals surface area contributed by atoms with Gasteiger partial charge in [0.2, 0.25) is 0 Å². The summed E-state index contributed by atoms with van der Waals surface area (Å²) in [4.78, 5) is 0. The van der Waals surface area contributed by atoms with Crippen molar-refractivity contribution in [3.05, 3.63) is 35.4 Å². The zero-order valence-electron chi connectivity index (χ0n) is 11.1. The quantitative estimate of drug-likeness (QED) is 0.314. The van der Waals surface area contributed by atoms with Crippen LogP contribution < -0.4 is 11.1 Å². The highest BCUT2D eigenvalue weighted by Gasteiger charge is 2.27. The van der Waals surface area contributed by atoms with Crippen LogP contribution in [0, 0.1) is 5.92 Å². The molecule has 1 atom stereocenters. The molecule has 0 spiro atoms. The van der Waals surface area contributed by atoms with Gasteiger partial charge in [-0.25, -0.2) is 8.42 Å². The number of amidine groups is 1. The molecule has 1 aliphatic heterocycles. The molecule has 0 amide bonds. The van der Waals surface area contributed by atoms with E-state index in [1.807, 2.05) is 18.2 Å². The maximum absolute atomic E-state index is 11.4. The van der Waals surface area contributed by atoms with Crippen molar-refractivity contribution < 1.29 is 13.6 Å². The summed E-state index contributed by atoms with van der Waals surface area (Å²) in [6.07, 6.45) is 0.719. The van der Waals surface area contributed by atoms with Crippen molar-refractivity contribution in [2.24, 2.45) is 16.8 Å². The summed E-state index contributed by atoms with van der Waals surface area (Å²) in [5.74, 6) is 0.809. The fourth-order valence-electron chi connectivity index (χ4n) is 2.42. The average Bonchev–Trinajstić information content (AvgIpc) is 2.78. The van der Waals surface area contributed by atoms with Crippen LogP contribution in [0.3, 0.4) is 0 Å². The van der Waals surface area contributed by atoms with E-state index in [1.54, 1.807) is 6.07 Å². The second-order valence-corrected chi connectivity index (χ2v) is 7.27. The van der Waals surface area contributed by atoms with Crippen LogP contribution in [0.25, 0.3) is 0 Å². The maximum Gasteiger partial charge on any atom is 0.170 e. The summed E-state index contributed by atoms with van der Waals surface area (Å²) < 4.78 is 22.7. The van der Waals surface area contributed by atoms with Crippen molar-refractivity contribution in [2.75, 3.05) is 18.1 Å². The number of rotatable bonds is 5. The number of nitrogens with zero attached hydrogens (tertiary/aromatic N) is 1. The summed E-state index contributed by atoms with van der Waals surface area (Å²) >= 11 is 0. The zero-order valence-corrected chi connectivity index (χ0v) is 11.9. The van der Waals surface area contributed by atoms with Gasteiger partial charge in [0.05, 0.1) is 11.5 Å². The van der Waals surface area contributed by atoms with Crippen LogP contribution in [0.4, 0.5) is 0 Å². The van der Waals surface area contributed by atoms with Gasteiger partial charge in [0, 0.05) is 12.1 Å². The van der Waals surface area contributed by atoms with Gasteiger partial charge < -0.3 is 16.3 Å². The zero-order chi connectivity index (χ0) is 14.6. The van der Waals surface area contributed by atoms with Gasteiger partial charge in [-0.2, -0.15) is 0 Å². The van der Waals surface area contributed by atoms with Gasteiger partial charge >= 0.3 is 0 Å². The molecule has 0 saturated carbocycles. The third-order valence-corrected chi connectivity index (χ3v) is 5.31. The molecule has 4 N–H and O–H groups in total. The summed E-state index contributed by atoms with van der Waals surface area (Å²) in [5.41, 5.74) is 7.22. The monoisotopic (exact) mass is 297 g/mol. The number of hydrogen-bond acceptors (Lipinski definition) is 5. The van der Waals surface area contributed by atoms with E-state index >= 15 is 0 Å². The molecule has 20 heavy (non-hydrogen) atoms. The van der Waals surface area contributed by atoms with E-state index in [9.17, 15) is 8.42 Å². The molecule has 0 aromatic heterocycles. The molecule has 1 aromatic carbocycles. The number of hydrogen-bond donors (Lipinski definition) is 3. The van der Waals surface area contributed by atoms with Gasteiger partial charge in [0.1, 0.15) is 0 Å². The second kappa shape index (κ2) is 6.23. The van der Waals surface area contributed by atoms with Crippen LogP contribution >= 0.6 is 0 Å². The van der Waals surface area contributed by atoms with E-state index in [2.05, 4.69) is 10.5 Å². The number of nitrogens with one attached hydrogen (secondary N) is 1. The molecule has 0 aliphatic carbocycles. The maximum atomic E-state index is 11.4. The minimum atomic E-state index is -2.83. The van der Waals surface area contributed by atoms with Crippen LogP contribution in [-0.4, -0.2) is 37.5 Å². The second-order valence-electron chi connectivity index (χ2n) is 5.04. The van der Waals surface area contributed by atoms with Crippen LogP contribution in [0.2, 0.25) is 0 Å². The molecule has 7 heteroatoms. The molecule has 1 heterocycles. The lowest BCUT2D eigenvalue weighted by Crippen LogP contribution is -2.25. The molecule has 2 rings (SSSR count). The number of benzene rings is 1. The minimum Gasteiger partial charge on any atom is -0.409 e. The highest BCUT2D eigenvalue weighted by Crippen LogP contribution is 2.17. The first-order valence-corrected chi connectivity index (χ1v) is 8.31. The lowest BCUT2D eigenvalue weighted by molar-refractivity contribution is 0.318. The Hall–Kier alpha value is -1.60. The fourth-order valence-corrected chi connectivity index (χ4v) is 4.28. The Morgan fingerprint density at radius 3 is 2.85 bits per heavy atom. The topological polar surface area (TPSA) is 105 Å². The highest BCUT2D eigenvalue weighted by molar-refractivity contribution is 7.91. The molecule has 1 fully saturated rings. The lowest BCUT2D eigenvalue weighted by Gasteiger charge is -2.12. The Bertz CT molecular complexity index is 599. The van der Waals surface area contributed by atoms with Crippen molar-refractivity contribution in [1.29, 1.82) is 0 Å². The standard InChI is InChI=1S/C13H19N3O3S/c14-13(16-17)12-4-2-1-3-11(12)8-15-7-10-5-6-20(18,19)9-10/h1-4,10,15,17H,5-9H2,(H2,14,16). The predicted octanol–water partition coefficient (Wildman–Crippen LogP) is 0.305. The Morgan fingerprint density at radius 1 is 1.45 bits per heavy atom. The fraction of sp³-hybridized carbons (Fsp3) is 0.462. The van der Waals surface area contributed by atoms with Crippen LogP contribution in [-0.2, 0) is 16.4 Å². The summed E-state index contributed by atoms with van der Waals surface area (Å²) in [6, 6.07) is 7.38. The molecule has 6 nitrogen and oxygen atoms in total. The molecule has 0 radical (unpaired) electrons. The Labute approximate surface area is 118 Å². The first-order valence-electron chi connectivity index (χ1n) is 6.49. The Kier molecular flexibility index (Phi) is 4.61. The van der Waals surface area contributed by atoms with Crippen molar-refractivity contribution in [3.63, 3.8) is 0 Å². The average molecular weight is 297 g/mol. The van der Waals surface area contributed by atoms with E-state index in [4.69, 9.17) is 10.9 Å². The molecule has 1 saturated heterocycles. The number of oxime groups is 1. The van der Waals surface area contributed by atoms with E-state index in [0.29, 0.717) is 24.4 Å². The highest BCUT2D eigenvalue weighted by atomic mass is 32.2. The van der Waals surface area contributed by atoms with E-state index < -0.39 is 9.84 Å². The smallest absolute Gasteiger partial charge is 0.170 e. The molecular weight excluding hydrogens is 278 g/mol. The molecule has 110 valence electrons. The van der Waals surface area contributed by atoms with Crippen LogP contribution in [0.5, 0.6) is 0 Å². The van der Waals surface area contributed by atoms with E-state index in [0.717, 1.165) is 12.0 Å². The SMILES string of the molecule is NC(=NO)c1ccccc1CNCC1CCS(=O)(=O)C1. The minimum absolute atomic E-state index is 0.0749. The van der Waals surface area contributed by atoms with Gasteiger partial charge in [-0.1, -0.05) is 29.4 Å². The third kappa shape index (κ3) is 3.71.